The second-order valence-electron chi connectivity index (χ2n) is 8.24. The molecule has 6 nitrogen and oxygen atoms in total. The minimum Gasteiger partial charge on any atom is -0.507 e. The highest BCUT2D eigenvalue weighted by molar-refractivity contribution is 6.38. The summed E-state index contributed by atoms with van der Waals surface area (Å²) >= 11 is 6.59. The average molecular weight is 498 g/mol. The molecule has 0 radical (unpaired) electrons. The second-order valence-corrected chi connectivity index (χ2v) is 8.65. The van der Waals surface area contributed by atoms with Crippen LogP contribution in [0.3, 0.4) is 0 Å². The Morgan fingerprint density at radius 1 is 0.889 bits per heavy atom. The smallest absolute Gasteiger partial charge is 0.341 e. The highest BCUT2D eigenvalue weighted by atomic mass is 35.5. The molecular formula is C29H20ClNO5. The van der Waals surface area contributed by atoms with Crippen molar-refractivity contribution in [1.82, 2.24) is 0 Å². The van der Waals surface area contributed by atoms with Crippen molar-refractivity contribution in [1.29, 1.82) is 0 Å². The van der Waals surface area contributed by atoms with E-state index in [4.69, 9.17) is 21.4 Å². The maximum Gasteiger partial charge on any atom is 0.341 e. The van der Waals surface area contributed by atoms with Crippen LogP contribution in [-0.2, 0) is 9.59 Å². The van der Waals surface area contributed by atoms with Crippen LogP contribution in [-0.4, -0.2) is 28.7 Å². The molecule has 0 fully saturated rings. The van der Waals surface area contributed by atoms with Gasteiger partial charge in [0.2, 0.25) is 0 Å². The van der Waals surface area contributed by atoms with Crippen LogP contribution in [0.2, 0.25) is 5.02 Å². The number of carbonyl (C=O) groups excluding carboxylic acids is 1. The van der Waals surface area contributed by atoms with Crippen LogP contribution in [0.5, 0.6) is 11.5 Å². The Labute approximate surface area is 212 Å². The molecule has 0 atom stereocenters. The maximum atomic E-state index is 12.8. The van der Waals surface area contributed by atoms with Gasteiger partial charge in [0.25, 0.3) is 5.91 Å². The van der Waals surface area contributed by atoms with E-state index in [2.05, 4.69) is 5.32 Å². The van der Waals surface area contributed by atoms with E-state index < -0.39 is 12.6 Å². The number of amides is 1. The maximum absolute atomic E-state index is 12.8. The molecule has 36 heavy (non-hydrogen) atoms. The number of hydrogen-bond acceptors (Lipinski definition) is 4. The van der Waals surface area contributed by atoms with Crippen molar-refractivity contribution < 1.29 is 24.5 Å². The van der Waals surface area contributed by atoms with Crippen LogP contribution in [0.15, 0.2) is 84.9 Å². The third-order valence-corrected chi connectivity index (χ3v) is 6.15. The number of rotatable bonds is 6. The standard InChI is InChI=1S/C29H20ClNO5/c30-25-15-26-23(14-22(25)19-10-8-18(9-11-19)21-6-1-2-7-27(21)32)24(29(35)31-26)13-17-4-3-5-20(12-17)36-16-28(33)34/h1-15,32H,16H2,(H,31,35)(H,33,34)/b24-13-. The zero-order valence-electron chi connectivity index (χ0n) is 18.9. The van der Waals surface area contributed by atoms with E-state index in [1.165, 1.54) is 0 Å². The predicted octanol–water partition coefficient (Wildman–Crippen LogP) is 6.34. The quantitative estimate of drug-likeness (QED) is 0.270. The molecule has 0 saturated heterocycles. The number of hydrogen-bond donors (Lipinski definition) is 3. The van der Waals surface area contributed by atoms with E-state index in [0.717, 1.165) is 22.3 Å². The van der Waals surface area contributed by atoms with Gasteiger partial charge < -0.3 is 20.3 Å². The summed E-state index contributed by atoms with van der Waals surface area (Å²) in [7, 11) is 0. The third-order valence-electron chi connectivity index (χ3n) is 5.83. The number of anilines is 1. The van der Waals surface area contributed by atoms with Crippen LogP contribution < -0.4 is 10.1 Å². The van der Waals surface area contributed by atoms with Crippen molar-refractivity contribution in [2.24, 2.45) is 0 Å². The number of ether oxygens (including phenoxy) is 1. The monoisotopic (exact) mass is 497 g/mol. The number of halogens is 1. The molecule has 0 bridgehead atoms. The Morgan fingerprint density at radius 2 is 1.61 bits per heavy atom. The highest BCUT2D eigenvalue weighted by Gasteiger charge is 2.26. The molecule has 0 aliphatic carbocycles. The van der Waals surface area contributed by atoms with Crippen LogP contribution in [0, 0.1) is 0 Å². The molecule has 7 heteroatoms. The van der Waals surface area contributed by atoms with Gasteiger partial charge in [-0.1, -0.05) is 66.2 Å². The molecule has 4 aromatic carbocycles. The number of nitrogens with one attached hydrogen (secondary N) is 1. The van der Waals surface area contributed by atoms with Crippen molar-refractivity contribution in [3.05, 3.63) is 101 Å². The first-order chi connectivity index (χ1) is 17.4. The molecule has 0 unspecified atom stereocenters. The number of fused-ring (bicyclic) bond motifs is 1. The van der Waals surface area contributed by atoms with Crippen molar-refractivity contribution >= 4 is 40.8 Å². The van der Waals surface area contributed by atoms with Gasteiger partial charge in [-0.15, -0.1) is 0 Å². The zero-order chi connectivity index (χ0) is 25.2. The number of carbonyl (C=O) groups is 2. The van der Waals surface area contributed by atoms with Gasteiger partial charge in [0.15, 0.2) is 6.61 Å². The van der Waals surface area contributed by atoms with Crippen molar-refractivity contribution in [3.63, 3.8) is 0 Å². The molecule has 1 heterocycles. The molecule has 1 aliphatic rings. The van der Waals surface area contributed by atoms with Crippen molar-refractivity contribution in [2.45, 2.75) is 0 Å². The lowest BCUT2D eigenvalue weighted by molar-refractivity contribution is -0.139. The number of phenolic OH excluding ortho intramolecular Hbond substituents is 1. The number of phenols is 1. The number of carboxylic acid groups (broad SMARTS) is 1. The summed E-state index contributed by atoms with van der Waals surface area (Å²) < 4.78 is 5.25. The first-order valence-corrected chi connectivity index (χ1v) is 11.5. The Hall–Kier alpha value is -4.55. The lowest BCUT2D eigenvalue weighted by Gasteiger charge is -2.10. The summed E-state index contributed by atoms with van der Waals surface area (Å²) in [5.74, 6) is -0.727. The minimum atomic E-state index is -1.07. The number of para-hydroxylation sites is 1. The van der Waals surface area contributed by atoms with Gasteiger partial charge in [-0.05, 0) is 53.1 Å². The van der Waals surface area contributed by atoms with Crippen molar-refractivity contribution in [2.75, 3.05) is 11.9 Å². The summed E-state index contributed by atoms with van der Waals surface area (Å²) in [5.41, 5.74) is 5.72. The Balaban J connectivity index is 1.49. The summed E-state index contributed by atoms with van der Waals surface area (Å²) in [6.07, 6.45) is 1.73. The molecular weight excluding hydrogens is 478 g/mol. The van der Waals surface area contributed by atoms with E-state index >= 15 is 0 Å². The fourth-order valence-electron chi connectivity index (χ4n) is 4.13. The number of benzene rings is 4. The van der Waals surface area contributed by atoms with Gasteiger partial charge in [-0.3, -0.25) is 4.79 Å². The molecule has 0 saturated carbocycles. The normalized spacial score (nSPS) is 13.4. The molecule has 4 aromatic rings. The summed E-state index contributed by atoms with van der Waals surface area (Å²) in [6, 6.07) is 25.3. The minimum absolute atomic E-state index is 0.206. The second kappa shape index (κ2) is 9.60. The van der Waals surface area contributed by atoms with Gasteiger partial charge in [-0.2, -0.15) is 0 Å². The number of aliphatic carboxylic acids is 1. The highest BCUT2D eigenvalue weighted by Crippen LogP contribution is 2.41. The van der Waals surface area contributed by atoms with Gasteiger partial charge in [0, 0.05) is 22.3 Å². The fourth-order valence-corrected chi connectivity index (χ4v) is 4.40. The molecule has 0 aromatic heterocycles. The fraction of sp³-hybridized carbons (Fsp3) is 0.0345. The summed E-state index contributed by atoms with van der Waals surface area (Å²) in [4.78, 5) is 23.6. The first-order valence-electron chi connectivity index (χ1n) is 11.1. The Kier molecular flexibility index (Phi) is 6.19. The first kappa shape index (κ1) is 23.2. The molecule has 1 aliphatic heterocycles. The van der Waals surface area contributed by atoms with Crippen molar-refractivity contribution in [3.8, 4) is 33.8 Å². The molecule has 178 valence electrons. The average Bonchev–Trinajstić information content (AvgIpc) is 3.16. The predicted molar refractivity (Wildman–Crippen MR) is 140 cm³/mol. The lowest BCUT2D eigenvalue weighted by atomic mass is 9.96. The summed E-state index contributed by atoms with van der Waals surface area (Å²) in [5, 5.41) is 22.3. The lowest BCUT2D eigenvalue weighted by Crippen LogP contribution is -2.09. The van der Waals surface area contributed by atoms with Gasteiger partial charge in [-0.25, -0.2) is 4.79 Å². The zero-order valence-corrected chi connectivity index (χ0v) is 19.6. The summed E-state index contributed by atoms with van der Waals surface area (Å²) in [6.45, 7) is -0.451. The van der Waals surface area contributed by atoms with Crippen LogP contribution in [0.1, 0.15) is 11.1 Å². The largest absolute Gasteiger partial charge is 0.507 e. The van der Waals surface area contributed by atoms with Crippen LogP contribution in [0.25, 0.3) is 33.9 Å². The Morgan fingerprint density at radius 3 is 2.33 bits per heavy atom. The molecule has 1 amide bonds. The Bertz CT molecular complexity index is 1530. The van der Waals surface area contributed by atoms with Gasteiger partial charge in [0.05, 0.1) is 10.7 Å². The van der Waals surface area contributed by atoms with E-state index in [0.29, 0.717) is 33.2 Å². The van der Waals surface area contributed by atoms with E-state index in [1.54, 1.807) is 48.5 Å². The molecule has 3 N–H and O–H groups in total. The van der Waals surface area contributed by atoms with E-state index in [9.17, 15) is 14.7 Å². The number of carboxylic acids is 1. The number of aromatic hydroxyl groups is 1. The van der Waals surface area contributed by atoms with Crippen LogP contribution >= 0.6 is 11.6 Å². The van der Waals surface area contributed by atoms with E-state index in [1.807, 2.05) is 42.5 Å². The van der Waals surface area contributed by atoms with Crippen LogP contribution in [0.4, 0.5) is 5.69 Å². The molecule has 0 spiro atoms. The van der Waals surface area contributed by atoms with E-state index in [-0.39, 0.29) is 11.7 Å². The van der Waals surface area contributed by atoms with Gasteiger partial charge in [0.1, 0.15) is 11.5 Å². The third kappa shape index (κ3) is 4.67. The molecule has 5 rings (SSSR count). The topological polar surface area (TPSA) is 95.9 Å². The van der Waals surface area contributed by atoms with Gasteiger partial charge >= 0.3 is 5.97 Å². The SMILES string of the molecule is O=C(O)COc1cccc(/C=C2\C(=O)Nc3cc(Cl)c(-c4ccc(-c5ccccc5O)cc4)cc32)c1.